The Morgan fingerprint density at radius 1 is 1.25 bits per heavy atom. The summed E-state index contributed by atoms with van der Waals surface area (Å²) >= 11 is 0. The van der Waals surface area contributed by atoms with Gasteiger partial charge >= 0.3 is 0 Å². The molecule has 0 aromatic carbocycles. The summed E-state index contributed by atoms with van der Waals surface area (Å²) < 4.78 is 0. The van der Waals surface area contributed by atoms with E-state index in [4.69, 9.17) is 0 Å². The topological polar surface area (TPSA) is 81.3 Å². The first kappa shape index (κ1) is 16.3. The standard InChI is InChI=1S/C20H27NO3/c1-18-7-5-13(22)9-12(18)3-4-14-15-6-8-20(24,11-21)19(15,2)10-16(23)17(14)18/h9,14-17,23-24H,3-8,10H2,1-2H3/t14-,15-,16-,17+,18+,19+,20-/m1/s1. The van der Waals surface area contributed by atoms with Crippen molar-refractivity contribution in [2.24, 2.45) is 28.6 Å². The summed E-state index contributed by atoms with van der Waals surface area (Å²) in [6.45, 7) is 4.23. The van der Waals surface area contributed by atoms with Gasteiger partial charge in [0.25, 0.3) is 0 Å². The number of nitriles is 1. The van der Waals surface area contributed by atoms with Crippen LogP contribution in [0.2, 0.25) is 0 Å². The number of hydrogen-bond acceptors (Lipinski definition) is 4. The van der Waals surface area contributed by atoms with Crippen LogP contribution < -0.4 is 0 Å². The Labute approximate surface area is 143 Å². The second kappa shape index (κ2) is 4.93. The number of nitrogens with zero attached hydrogens (tertiary/aromatic N) is 1. The lowest BCUT2D eigenvalue weighted by Gasteiger charge is -2.60. The fourth-order valence-electron chi connectivity index (χ4n) is 6.88. The molecule has 3 saturated carbocycles. The van der Waals surface area contributed by atoms with Crippen molar-refractivity contribution in [3.63, 3.8) is 0 Å². The van der Waals surface area contributed by atoms with E-state index in [2.05, 4.69) is 13.0 Å². The highest BCUT2D eigenvalue weighted by Gasteiger charge is 2.66. The maximum Gasteiger partial charge on any atom is 0.156 e. The summed E-state index contributed by atoms with van der Waals surface area (Å²) in [6.07, 6.45) is 6.44. The van der Waals surface area contributed by atoms with Gasteiger partial charge in [-0.2, -0.15) is 5.26 Å². The lowest BCUT2D eigenvalue weighted by atomic mass is 9.45. The number of fused-ring (bicyclic) bond motifs is 5. The Hall–Kier alpha value is -1.18. The van der Waals surface area contributed by atoms with Crippen molar-refractivity contribution in [2.45, 2.75) is 70.5 Å². The molecule has 4 heteroatoms. The molecule has 2 N–H and O–H groups in total. The third kappa shape index (κ3) is 1.83. The van der Waals surface area contributed by atoms with Crippen LogP contribution in [0.5, 0.6) is 0 Å². The number of ketones is 1. The van der Waals surface area contributed by atoms with Crippen molar-refractivity contribution >= 4 is 5.78 Å². The van der Waals surface area contributed by atoms with Crippen molar-refractivity contribution in [1.82, 2.24) is 0 Å². The quantitative estimate of drug-likeness (QED) is 0.670. The van der Waals surface area contributed by atoms with E-state index in [1.54, 1.807) is 0 Å². The van der Waals surface area contributed by atoms with Crippen molar-refractivity contribution < 1.29 is 15.0 Å². The molecule has 0 aliphatic heterocycles. The van der Waals surface area contributed by atoms with E-state index in [1.807, 2.05) is 13.0 Å². The van der Waals surface area contributed by atoms with E-state index in [-0.39, 0.29) is 23.0 Å². The SMILES string of the molecule is C[C@]12CCC(=O)C=C1CC[C@H]1[C@H]2[C@H](O)C[C@@]2(C)[C@@H]1CC[C@@]2(O)C#N. The van der Waals surface area contributed by atoms with Crippen LogP contribution in [-0.2, 0) is 4.79 Å². The van der Waals surface area contributed by atoms with Gasteiger partial charge in [-0.05, 0) is 67.8 Å². The molecular weight excluding hydrogens is 302 g/mol. The van der Waals surface area contributed by atoms with E-state index in [0.29, 0.717) is 25.2 Å². The van der Waals surface area contributed by atoms with Gasteiger partial charge in [0.15, 0.2) is 11.4 Å². The number of rotatable bonds is 0. The zero-order valence-electron chi connectivity index (χ0n) is 14.6. The fourth-order valence-corrected chi connectivity index (χ4v) is 6.88. The number of hydrogen-bond donors (Lipinski definition) is 2. The van der Waals surface area contributed by atoms with E-state index in [1.165, 1.54) is 5.57 Å². The average Bonchev–Trinajstić information content (AvgIpc) is 2.79. The highest BCUT2D eigenvalue weighted by molar-refractivity contribution is 5.91. The van der Waals surface area contributed by atoms with Gasteiger partial charge in [-0.15, -0.1) is 0 Å². The van der Waals surface area contributed by atoms with Gasteiger partial charge < -0.3 is 10.2 Å². The van der Waals surface area contributed by atoms with Gasteiger partial charge in [-0.3, -0.25) is 4.79 Å². The number of aliphatic hydroxyl groups excluding tert-OH is 1. The Morgan fingerprint density at radius 3 is 2.71 bits per heavy atom. The van der Waals surface area contributed by atoms with Crippen molar-refractivity contribution in [3.05, 3.63) is 11.6 Å². The number of allylic oxidation sites excluding steroid dienone is 1. The number of aliphatic hydroxyl groups is 2. The van der Waals surface area contributed by atoms with E-state index in [0.717, 1.165) is 25.7 Å². The first-order valence-electron chi connectivity index (χ1n) is 9.31. The molecule has 3 fully saturated rings. The molecule has 24 heavy (non-hydrogen) atoms. The Bertz CT molecular complexity index is 664. The minimum absolute atomic E-state index is 0.106. The van der Waals surface area contributed by atoms with Crippen LogP contribution in [-0.4, -0.2) is 27.7 Å². The summed E-state index contributed by atoms with van der Waals surface area (Å²) in [4.78, 5) is 11.9. The second-order valence-electron chi connectivity index (χ2n) is 9.09. The monoisotopic (exact) mass is 329 g/mol. The van der Waals surface area contributed by atoms with Gasteiger partial charge in [0.1, 0.15) is 0 Å². The minimum Gasteiger partial charge on any atom is -0.393 e. The summed E-state index contributed by atoms with van der Waals surface area (Å²) in [5.41, 5.74) is -0.727. The Morgan fingerprint density at radius 2 is 2.00 bits per heavy atom. The predicted molar refractivity (Wildman–Crippen MR) is 88.7 cm³/mol. The van der Waals surface area contributed by atoms with Crippen LogP contribution in [0.4, 0.5) is 0 Å². The summed E-state index contributed by atoms with van der Waals surface area (Å²) in [6, 6.07) is 2.16. The maximum absolute atomic E-state index is 11.9. The van der Waals surface area contributed by atoms with E-state index in [9.17, 15) is 20.3 Å². The molecule has 0 heterocycles. The zero-order valence-corrected chi connectivity index (χ0v) is 14.6. The smallest absolute Gasteiger partial charge is 0.156 e. The van der Waals surface area contributed by atoms with Gasteiger partial charge in [0.05, 0.1) is 12.2 Å². The fraction of sp³-hybridized carbons (Fsp3) is 0.800. The highest BCUT2D eigenvalue weighted by atomic mass is 16.3. The van der Waals surface area contributed by atoms with Gasteiger partial charge in [0.2, 0.25) is 0 Å². The van der Waals surface area contributed by atoms with Crippen LogP contribution in [0.1, 0.15) is 58.8 Å². The molecule has 0 unspecified atom stereocenters. The normalized spacial score (nSPS) is 53.5. The van der Waals surface area contributed by atoms with E-state index < -0.39 is 17.1 Å². The van der Waals surface area contributed by atoms with E-state index >= 15 is 0 Å². The molecule has 0 bridgehead atoms. The summed E-state index contributed by atoms with van der Waals surface area (Å²) in [5.74, 6) is 0.975. The van der Waals surface area contributed by atoms with Crippen LogP contribution in [0.3, 0.4) is 0 Å². The molecular formula is C20H27NO3. The van der Waals surface area contributed by atoms with Gasteiger partial charge in [0, 0.05) is 11.8 Å². The molecule has 0 aromatic rings. The van der Waals surface area contributed by atoms with Crippen molar-refractivity contribution in [1.29, 1.82) is 5.26 Å². The molecule has 4 aliphatic rings. The predicted octanol–water partition coefficient (Wildman–Crippen LogP) is 2.74. The summed E-state index contributed by atoms with van der Waals surface area (Å²) in [7, 11) is 0. The van der Waals surface area contributed by atoms with Gasteiger partial charge in [-0.25, -0.2) is 0 Å². The summed E-state index contributed by atoms with van der Waals surface area (Å²) in [5, 5.41) is 31.5. The minimum atomic E-state index is -1.32. The molecule has 4 aliphatic carbocycles. The lowest BCUT2D eigenvalue weighted by Crippen LogP contribution is -2.59. The molecule has 4 rings (SSSR count). The molecule has 0 aromatic heterocycles. The molecule has 0 spiro atoms. The number of carbonyl (C=O) groups excluding carboxylic acids is 1. The molecule has 4 nitrogen and oxygen atoms in total. The largest absolute Gasteiger partial charge is 0.393 e. The number of carbonyl (C=O) groups is 1. The second-order valence-corrected chi connectivity index (χ2v) is 9.09. The van der Waals surface area contributed by atoms with Crippen LogP contribution in [0.25, 0.3) is 0 Å². The Kier molecular flexibility index (Phi) is 3.34. The molecule has 0 saturated heterocycles. The highest BCUT2D eigenvalue weighted by Crippen LogP contribution is 2.67. The third-order valence-corrected chi connectivity index (χ3v) is 8.23. The first-order chi connectivity index (χ1) is 11.2. The first-order valence-corrected chi connectivity index (χ1v) is 9.31. The third-order valence-electron chi connectivity index (χ3n) is 8.23. The zero-order chi connectivity index (χ0) is 17.3. The van der Waals surface area contributed by atoms with Gasteiger partial charge in [-0.1, -0.05) is 19.4 Å². The molecule has 0 radical (unpaired) electrons. The maximum atomic E-state index is 11.9. The van der Waals surface area contributed by atoms with Crippen molar-refractivity contribution in [3.8, 4) is 6.07 Å². The molecule has 7 atom stereocenters. The van der Waals surface area contributed by atoms with Crippen LogP contribution in [0, 0.1) is 39.9 Å². The van der Waals surface area contributed by atoms with Crippen molar-refractivity contribution in [2.75, 3.05) is 0 Å². The molecule has 0 amide bonds. The Balaban J connectivity index is 1.76. The lowest BCUT2D eigenvalue weighted by molar-refractivity contribution is -0.156. The average molecular weight is 329 g/mol. The van der Waals surface area contributed by atoms with Crippen LogP contribution >= 0.6 is 0 Å². The van der Waals surface area contributed by atoms with Crippen LogP contribution in [0.15, 0.2) is 11.6 Å². The molecule has 130 valence electrons.